The number of rotatable bonds is 10. The average Bonchev–Trinajstić information content (AvgIpc) is 3.29. The number of nitrogens with zero attached hydrogens (tertiary/aromatic N) is 2. The van der Waals surface area contributed by atoms with Crippen molar-refractivity contribution < 1.29 is 19.0 Å². The van der Waals surface area contributed by atoms with Gasteiger partial charge >= 0.3 is 0 Å². The van der Waals surface area contributed by atoms with Crippen LogP contribution in [0.3, 0.4) is 0 Å². The molecule has 1 heterocycles. The van der Waals surface area contributed by atoms with E-state index < -0.39 is 0 Å². The first-order valence-corrected chi connectivity index (χ1v) is 11.6. The molecule has 0 spiro atoms. The maximum Gasteiger partial charge on any atom is 0.254 e. The molecule has 3 rings (SSSR count). The van der Waals surface area contributed by atoms with Crippen LogP contribution in [0.2, 0.25) is 0 Å². The second kappa shape index (κ2) is 11.8. The van der Waals surface area contributed by atoms with E-state index in [1.165, 1.54) is 6.42 Å². The van der Waals surface area contributed by atoms with Crippen LogP contribution >= 0.6 is 0 Å². The van der Waals surface area contributed by atoms with Crippen LogP contribution in [0.5, 0.6) is 17.2 Å². The number of likely N-dealkylation sites (tertiary alicyclic amines) is 1. The number of amides is 1. The molecule has 1 aliphatic rings. The van der Waals surface area contributed by atoms with E-state index in [0.717, 1.165) is 30.6 Å². The van der Waals surface area contributed by atoms with Gasteiger partial charge < -0.3 is 19.1 Å². The van der Waals surface area contributed by atoms with Crippen LogP contribution in [-0.4, -0.2) is 69.3 Å². The third-order valence-corrected chi connectivity index (χ3v) is 6.19. The van der Waals surface area contributed by atoms with Gasteiger partial charge in [-0.1, -0.05) is 48.9 Å². The predicted octanol–water partition coefficient (Wildman–Crippen LogP) is 4.74. The van der Waals surface area contributed by atoms with Gasteiger partial charge in [0.05, 0.1) is 21.3 Å². The molecule has 0 N–H and O–H groups in total. The van der Waals surface area contributed by atoms with Crippen molar-refractivity contribution in [3.05, 3.63) is 59.2 Å². The van der Waals surface area contributed by atoms with Crippen molar-refractivity contribution in [1.29, 1.82) is 0 Å². The highest BCUT2D eigenvalue weighted by Crippen LogP contribution is 2.38. The number of carbonyl (C=O) groups is 1. The molecule has 0 aliphatic carbocycles. The van der Waals surface area contributed by atoms with Crippen molar-refractivity contribution in [1.82, 2.24) is 9.80 Å². The molecule has 1 unspecified atom stereocenters. The summed E-state index contributed by atoms with van der Waals surface area (Å²) < 4.78 is 16.4. The minimum atomic E-state index is -0.0435. The lowest BCUT2D eigenvalue weighted by atomic mass is 10.1. The van der Waals surface area contributed by atoms with Crippen molar-refractivity contribution in [3.63, 3.8) is 0 Å². The Balaban J connectivity index is 1.92. The zero-order chi connectivity index (χ0) is 23.8. The predicted molar refractivity (Wildman–Crippen MR) is 132 cm³/mol. The summed E-state index contributed by atoms with van der Waals surface area (Å²) in [5, 5.41) is 0. The largest absolute Gasteiger partial charge is 0.493 e. The summed E-state index contributed by atoms with van der Waals surface area (Å²) >= 11 is 0. The van der Waals surface area contributed by atoms with Gasteiger partial charge in [0.15, 0.2) is 11.5 Å². The van der Waals surface area contributed by atoms with Crippen LogP contribution in [0.15, 0.2) is 48.0 Å². The first kappa shape index (κ1) is 24.6. The second-order valence-electron chi connectivity index (χ2n) is 8.43. The van der Waals surface area contributed by atoms with Crippen LogP contribution in [0.4, 0.5) is 0 Å². The molecule has 2 aromatic rings. The number of hydrogen-bond donors (Lipinski definition) is 0. The van der Waals surface area contributed by atoms with Crippen LogP contribution < -0.4 is 14.2 Å². The Bertz CT molecular complexity index is 933. The standard InChI is InChI=1S/C27H36N2O4/c1-6-28-14-10-13-23(28)19-29(18-20(2)15-21-11-8-7-9-12-21)27(30)22-16-24(31-3)26(33-5)25(17-22)32-4/h7-9,11-12,15-17,23H,6,10,13-14,18-19H2,1-5H3. The summed E-state index contributed by atoms with van der Waals surface area (Å²) in [5.41, 5.74) is 2.78. The van der Waals surface area contributed by atoms with Gasteiger partial charge in [0, 0.05) is 24.7 Å². The number of carbonyl (C=O) groups excluding carboxylic acids is 1. The van der Waals surface area contributed by atoms with E-state index in [2.05, 4.69) is 37.0 Å². The Morgan fingerprint density at radius 2 is 1.76 bits per heavy atom. The molecule has 6 nitrogen and oxygen atoms in total. The lowest BCUT2D eigenvalue weighted by molar-refractivity contribution is 0.0724. The third-order valence-electron chi connectivity index (χ3n) is 6.19. The maximum absolute atomic E-state index is 13.8. The molecule has 0 radical (unpaired) electrons. The molecular weight excluding hydrogens is 416 g/mol. The minimum Gasteiger partial charge on any atom is -0.493 e. The van der Waals surface area contributed by atoms with Crippen molar-refractivity contribution in [2.45, 2.75) is 32.7 Å². The smallest absolute Gasteiger partial charge is 0.254 e. The van der Waals surface area contributed by atoms with Gasteiger partial charge in [0.25, 0.3) is 5.91 Å². The van der Waals surface area contributed by atoms with Gasteiger partial charge in [-0.15, -0.1) is 0 Å². The van der Waals surface area contributed by atoms with Crippen molar-refractivity contribution in [2.24, 2.45) is 0 Å². The van der Waals surface area contributed by atoms with Crippen molar-refractivity contribution in [3.8, 4) is 17.2 Å². The first-order chi connectivity index (χ1) is 16.0. The first-order valence-electron chi connectivity index (χ1n) is 11.6. The molecule has 1 fully saturated rings. The molecule has 1 aliphatic heterocycles. The number of benzene rings is 2. The monoisotopic (exact) mass is 452 g/mol. The summed E-state index contributed by atoms with van der Waals surface area (Å²) in [5.74, 6) is 1.40. The Hall–Kier alpha value is -2.99. The van der Waals surface area contributed by atoms with E-state index in [9.17, 15) is 4.79 Å². The lowest BCUT2D eigenvalue weighted by Crippen LogP contribution is -2.43. The van der Waals surface area contributed by atoms with Gasteiger partial charge in [0.2, 0.25) is 5.75 Å². The molecular formula is C27H36N2O4. The van der Waals surface area contributed by atoms with Crippen LogP contribution in [0, 0.1) is 0 Å². The maximum atomic E-state index is 13.8. The van der Waals surface area contributed by atoms with E-state index in [1.807, 2.05) is 23.1 Å². The Morgan fingerprint density at radius 3 is 2.33 bits per heavy atom. The van der Waals surface area contributed by atoms with Gasteiger partial charge in [-0.2, -0.15) is 0 Å². The fourth-order valence-corrected chi connectivity index (χ4v) is 4.56. The number of methoxy groups -OCH3 is 3. The Kier molecular flexibility index (Phi) is 8.78. The molecule has 0 aromatic heterocycles. The SMILES string of the molecule is CCN1CCCC1CN(CC(C)=Cc1ccccc1)C(=O)c1cc(OC)c(OC)c(OC)c1. The highest BCUT2D eigenvalue weighted by Gasteiger charge is 2.28. The zero-order valence-corrected chi connectivity index (χ0v) is 20.5. The molecule has 1 amide bonds. The second-order valence-corrected chi connectivity index (χ2v) is 8.43. The van der Waals surface area contributed by atoms with Gasteiger partial charge in [-0.05, 0) is 50.6 Å². The topological polar surface area (TPSA) is 51.2 Å². The summed E-state index contributed by atoms with van der Waals surface area (Å²) in [6.07, 6.45) is 4.42. The minimum absolute atomic E-state index is 0.0435. The van der Waals surface area contributed by atoms with Gasteiger partial charge in [-0.3, -0.25) is 9.69 Å². The molecule has 1 saturated heterocycles. The summed E-state index contributed by atoms with van der Waals surface area (Å²) in [6, 6.07) is 14.0. The molecule has 1 atom stereocenters. The fourth-order valence-electron chi connectivity index (χ4n) is 4.56. The van der Waals surface area contributed by atoms with E-state index in [-0.39, 0.29) is 5.91 Å². The summed E-state index contributed by atoms with van der Waals surface area (Å²) in [4.78, 5) is 18.2. The fraction of sp³-hybridized carbons (Fsp3) is 0.444. The Labute approximate surface area is 197 Å². The summed E-state index contributed by atoms with van der Waals surface area (Å²) in [7, 11) is 4.69. The normalized spacial score (nSPS) is 16.5. The van der Waals surface area contributed by atoms with Crippen molar-refractivity contribution >= 4 is 12.0 Å². The molecule has 0 saturated carbocycles. The lowest BCUT2D eigenvalue weighted by Gasteiger charge is -2.31. The summed E-state index contributed by atoms with van der Waals surface area (Å²) in [6.45, 7) is 7.59. The average molecular weight is 453 g/mol. The van der Waals surface area contributed by atoms with E-state index >= 15 is 0 Å². The molecule has 0 bridgehead atoms. The third kappa shape index (κ3) is 6.08. The highest BCUT2D eigenvalue weighted by atomic mass is 16.5. The Morgan fingerprint density at radius 1 is 1.09 bits per heavy atom. The van der Waals surface area contributed by atoms with Gasteiger partial charge in [-0.25, -0.2) is 0 Å². The van der Waals surface area contributed by atoms with Crippen LogP contribution in [0.25, 0.3) is 6.08 Å². The quantitative estimate of drug-likeness (QED) is 0.521. The van der Waals surface area contributed by atoms with E-state index in [4.69, 9.17) is 14.2 Å². The molecule has 2 aromatic carbocycles. The van der Waals surface area contributed by atoms with Crippen LogP contribution in [-0.2, 0) is 0 Å². The van der Waals surface area contributed by atoms with Crippen LogP contribution in [0.1, 0.15) is 42.6 Å². The number of likely N-dealkylation sites (N-methyl/N-ethyl adjacent to an activating group) is 1. The molecule has 33 heavy (non-hydrogen) atoms. The van der Waals surface area contributed by atoms with E-state index in [0.29, 0.717) is 41.9 Å². The van der Waals surface area contributed by atoms with Crippen molar-refractivity contribution in [2.75, 3.05) is 47.5 Å². The zero-order valence-electron chi connectivity index (χ0n) is 20.5. The number of hydrogen-bond acceptors (Lipinski definition) is 5. The highest BCUT2D eigenvalue weighted by molar-refractivity contribution is 5.96. The van der Waals surface area contributed by atoms with E-state index in [1.54, 1.807) is 33.5 Å². The van der Waals surface area contributed by atoms with Gasteiger partial charge in [0.1, 0.15) is 0 Å². The number of ether oxygens (including phenoxy) is 3. The molecule has 6 heteroatoms. The molecule has 178 valence electrons.